The summed E-state index contributed by atoms with van der Waals surface area (Å²) in [4.78, 5) is 28.8. The zero-order valence-corrected chi connectivity index (χ0v) is 23.0. The number of amides is 2. The van der Waals surface area contributed by atoms with E-state index in [0.717, 1.165) is 24.0 Å². The van der Waals surface area contributed by atoms with Crippen molar-refractivity contribution in [2.45, 2.75) is 51.6 Å². The van der Waals surface area contributed by atoms with Gasteiger partial charge in [0.1, 0.15) is 17.5 Å². The molecule has 202 valence electrons. The van der Waals surface area contributed by atoms with Crippen LogP contribution in [-0.2, 0) is 22.6 Å². The number of methoxy groups -OCH3 is 1. The Morgan fingerprint density at radius 1 is 0.921 bits per heavy atom. The average Bonchev–Trinajstić information content (AvgIpc) is 2.94. The molecule has 1 atom stereocenters. The zero-order valence-electron chi connectivity index (χ0n) is 22.2. The minimum Gasteiger partial charge on any atom is -0.497 e. The molecule has 3 aromatic rings. The summed E-state index contributed by atoms with van der Waals surface area (Å²) in [6.45, 7) is 3.34. The van der Waals surface area contributed by atoms with Gasteiger partial charge in [-0.1, -0.05) is 67.4 Å². The molecule has 0 fully saturated rings. The second kappa shape index (κ2) is 15.7. The van der Waals surface area contributed by atoms with Crippen LogP contribution in [0.5, 0.6) is 11.5 Å². The van der Waals surface area contributed by atoms with Crippen LogP contribution in [0.3, 0.4) is 0 Å². The molecular weight excluding hydrogens is 500 g/mol. The first kappa shape index (κ1) is 29.1. The summed E-state index contributed by atoms with van der Waals surface area (Å²) in [6, 6.07) is 23.9. The number of unbranched alkanes of at least 4 members (excludes halogenated alkanes) is 1. The van der Waals surface area contributed by atoms with Gasteiger partial charge in [-0.3, -0.25) is 9.59 Å². The van der Waals surface area contributed by atoms with Crippen LogP contribution in [0.2, 0.25) is 5.02 Å². The highest BCUT2D eigenvalue weighted by Crippen LogP contribution is 2.20. The van der Waals surface area contributed by atoms with Gasteiger partial charge in [-0.2, -0.15) is 0 Å². The van der Waals surface area contributed by atoms with Gasteiger partial charge in [-0.15, -0.1) is 0 Å². The Morgan fingerprint density at radius 3 is 2.37 bits per heavy atom. The highest BCUT2D eigenvalue weighted by atomic mass is 35.5. The van der Waals surface area contributed by atoms with E-state index in [9.17, 15) is 9.59 Å². The fourth-order valence-corrected chi connectivity index (χ4v) is 4.24. The van der Waals surface area contributed by atoms with Crippen LogP contribution in [0.15, 0.2) is 78.9 Å². The summed E-state index contributed by atoms with van der Waals surface area (Å²) in [5.41, 5.74) is 1.90. The van der Waals surface area contributed by atoms with Gasteiger partial charge in [0, 0.05) is 31.0 Å². The lowest BCUT2D eigenvalue weighted by molar-refractivity contribution is -0.141. The molecular formula is C31H37ClN2O4. The maximum absolute atomic E-state index is 13.7. The van der Waals surface area contributed by atoms with Gasteiger partial charge in [0.25, 0.3) is 0 Å². The van der Waals surface area contributed by atoms with Gasteiger partial charge in [0.05, 0.1) is 13.7 Å². The second-order valence-corrected chi connectivity index (χ2v) is 9.57. The lowest BCUT2D eigenvalue weighted by atomic mass is 10.0. The molecule has 3 rings (SSSR count). The standard InChI is InChI=1S/C31H37ClN2O4/c1-3-4-19-33-31(36)29(22-24-10-6-5-7-11-24)34(23-25-12-8-13-28(21-25)37-2)30(35)14-9-20-38-27-17-15-26(32)16-18-27/h5-8,10-13,15-18,21,29H,3-4,9,14,19-20,22-23H2,1-2H3,(H,33,36)/t29-/m1/s1. The first-order chi connectivity index (χ1) is 18.5. The first-order valence-electron chi connectivity index (χ1n) is 13.1. The Morgan fingerprint density at radius 2 is 1.66 bits per heavy atom. The molecule has 0 bridgehead atoms. The van der Waals surface area contributed by atoms with Crippen LogP contribution in [0, 0.1) is 0 Å². The van der Waals surface area contributed by atoms with E-state index in [1.807, 2.05) is 54.6 Å². The minimum absolute atomic E-state index is 0.0981. The molecule has 0 heterocycles. The van der Waals surface area contributed by atoms with Crippen molar-refractivity contribution in [1.82, 2.24) is 10.2 Å². The van der Waals surface area contributed by atoms with E-state index >= 15 is 0 Å². The van der Waals surface area contributed by atoms with Crippen molar-refractivity contribution in [2.24, 2.45) is 0 Å². The number of benzene rings is 3. The van der Waals surface area contributed by atoms with Gasteiger partial charge in [0.2, 0.25) is 11.8 Å². The molecule has 0 spiro atoms. The Kier molecular flexibility index (Phi) is 12.0. The Balaban J connectivity index is 1.79. The summed E-state index contributed by atoms with van der Waals surface area (Å²) < 4.78 is 11.2. The number of nitrogens with one attached hydrogen (secondary N) is 1. The van der Waals surface area contributed by atoms with Crippen LogP contribution >= 0.6 is 11.6 Å². The van der Waals surface area contributed by atoms with Gasteiger partial charge in [0.15, 0.2) is 0 Å². The third-order valence-electron chi connectivity index (χ3n) is 6.21. The van der Waals surface area contributed by atoms with E-state index in [-0.39, 0.29) is 18.2 Å². The smallest absolute Gasteiger partial charge is 0.243 e. The maximum atomic E-state index is 13.7. The summed E-state index contributed by atoms with van der Waals surface area (Å²) >= 11 is 5.94. The van der Waals surface area contributed by atoms with E-state index < -0.39 is 6.04 Å². The molecule has 6 nitrogen and oxygen atoms in total. The Bertz CT molecular complexity index is 1140. The maximum Gasteiger partial charge on any atom is 0.243 e. The van der Waals surface area contributed by atoms with Crippen LogP contribution in [-0.4, -0.2) is 43.0 Å². The van der Waals surface area contributed by atoms with Gasteiger partial charge >= 0.3 is 0 Å². The number of nitrogens with zero attached hydrogens (tertiary/aromatic N) is 1. The van der Waals surface area contributed by atoms with Crippen molar-refractivity contribution in [2.75, 3.05) is 20.3 Å². The van der Waals surface area contributed by atoms with E-state index in [0.29, 0.717) is 49.1 Å². The van der Waals surface area contributed by atoms with Crippen molar-refractivity contribution >= 4 is 23.4 Å². The molecule has 0 radical (unpaired) electrons. The fraction of sp³-hybridized carbons (Fsp3) is 0.355. The number of carbonyl (C=O) groups is 2. The molecule has 0 aliphatic heterocycles. The second-order valence-electron chi connectivity index (χ2n) is 9.13. The molecule has 0 aliphatic rings. The summed E-state index contributed by atoms with van der Waals surface area (Å²) in [7, 11) is 1.61. The fourth-order valence-electron chi connectivity index (χ4n) is 4.12. The molecule has 1 N–H and O–H groups in total. The zero-order chi connectivity index (χ0) is 27.2. The monoisotopic (exact) mass is 536 g/mol. The number of halogens is 1. The highest BCUT2D eigenvalue weighted by Gasteiger charge is 2.30. The Labute approximate surface area is 230 Å². The van der Waals surface area contributed by atoms with Crippen molar-refractivity contribution in [3.05, 3.63) is 95.0 Å². The molecule has 0 aromatic heterocycles. The molecule has 0 unspecified atom stereocenters. The molecule has 3 aromatic carbocycles. The number of ether oxygens (including phenoxy) is 2. The third kappa shape index (κ3) is 9.42. The quantitative estimate of drug-likeness (QED) is 0.240. The topological polar surface area (TPSA) is 67.9 Å². The SMILES string of the molecule is CCCCNC(=O)[C@@H](Cc1ccccc1)N(Cc1cccc(OC)c1)C(=O)CCCOc1ccc(Cl)cc1. The van der Waals surface area contributed by atoms with E-state index in [1.165, 1.54) is 0 Å². The summed E-state index contributed by atoms with van der Waals surface area (Å²) in [5.74, 6) is 1.17. The van der Waals surface area contributed by atoms with E-state index in [1.54, 1.807) is 36.3 Å². The number of hydrogen-bond acceptors (Lipinski definition) is 4. The van der Waals surface area contributed by atoms with Crippen LogP contribution in [0.1, 0.15) is 43.7 Å². The molecule has 0 aliphatic carbocycles. The van der Waals surface area contributed by atoms with Crippen LogP contribution < -0.4 is 14.8 Å². The van der Waals surface area contributed by atoms with Gasteiger partial charge in [-0.05, 0) is 60.4 Å². The van der Waals surface area contributed by atoms with Gasteiger partial charge in [-0.25, -0.2) is 0 Å². The molecule has 38 heavy (non-hydrogen) atoms. The van der Waals surface area contributed by atoms with E-state index in [4.69, 9.17) is 21.1 Å². The first-order valence-corrected chi connectivity index (χ1v) is 13.5. The lowest BCUT2D eigenvalue weighted by Crippen LogP contribution is -2.50. The lowest BCUT2D eigenvalue weighted by Gasteiger charge is -2.32. The molecule has 2 amide bonds. The summed E-state index contributed by atoms with van der Waals surface area (Å²) in [5, 5.41) is 3.69. The van der Waals surface area contributed by atoms with Crippen molar-refractivity contribution in [3.63, 3.8) is 0 Å². The predicted molar refractivity (Wildman–Crippen MR) is 152 cm³/mol. The van der Waals surface area contributed by atoms with Gasteiger partial charge < -0.3 is 19.7 Å². The van der Waals surface area contributed by atoms with Crippen molar-refractivity contribution in [1.29, 1.82) is 0 Å². The minimum atomic E-state index is -0.648. The van der Waals surface area contributed by atoms with Crippen molar-refractivity contribution in [3.8, 4) is 11.5 Å². The van der Waals surface area contributed by atoms with Crippen LogP contribution in [0.25, 0.3) is 0 Å². The van der Waals surface area contributed by atoms with Crippen molar-refractivity contribution < 1.29 is 19.1 Å². The third-order valence-corrected chi connectivity index (χ3v) is 6.46. The normalized spacial score (nSPS) is 11.4. The van der Waals surface area contributed by atoms with E-state index in [2.05, 4.69) is 12.2 Å². The highest BCUT2D eigenvalue weighted by molar-refractivity contribution is 6.30. The Hall–Kier alpha value is -3.51. The number of rotatable bonds is 15. The predicted octanol–water partition coefficient (Wildman–Crippen LogP) is 6.06. The average molecular weight is 537 g/mol. The largest absolute Gasteiger partial charge is 0.497 e. The number of carbonyl (C=O) groups excluding carboxylic acids is 2. The number of hydrogen-bond donors (Lipinski definition) is 1. The summed E-state index contributed by atoms with van der Waals surface area (Å²) in [6.07, 6.45) is 3.06. The molecule has 0 saturated heterocycles. The molecule has 0 saturated carbocycles. The van der Waals surface area contributed by atoms with Crippen LogP contribution in [0.4, 0.5) is 0 Å². The molecule has 7 heteroatoms.